The van der Waals surface area contributed by atoms with Crippen molar-refractivity contribution in [2.24, 2.45) is 5.73 Å². The van der Waals surface area contributed by atoms with Crippen molar-refractivity contribution in [1.29, 1.82) is 0 Å². The molecule has 7 heteroatoms. The minimum atomic E-state index is -1.11. The molecule has 0 aliphatic rings. The molecule has 5 nitrogen and oxygen atoms in total. The van der Waals surface area contributed by atoms with Gasteiger partial charge in [-0.3, -0.25) is 4.79 Å². The lowest BCUT2D eigenvalue weighted by atomic mass is 10.0. The second-order valence-corrected chi connectivity index (χ2v) is 9.21. The van der Waals surface area contributed by atoms with Gasteiger partial charge in [0, 0.05) is 48.8 Å². The van der Waals surface area contributed by atoms with Crippen LogP contribution in [0.3, 0.4) is 0 Å². The summed E-state index contributed by atoms with van der Waals surface area (Å²) in [6.07, 6.45) is 3.66. The zero-order valence-electron chi connectivity index (χ0n) is 20.7. The highest BCUT2D eigenvalue weighted by atomic mass is 19.1. The first-order valence-corrected chi connectivity index (χ1v) is 12.3. The third kappa shape index (κ3) is 6.90. The van der Waals surface area contributed by atoms with E-state index < -0.39 is 23.8 Å². The molecule has 2 atom stereocenters. The van der Waals surface area contributed by atoms with E-state index >= 15 is 0 Å². The Labute approximate surface area is 215 Å². The number of carbonyl (C=O) groups excluding carboxylic acids is 1. The molecular formula is C30H31F2N3O2. The molecule has 37 heavy (non-hydrogen) atoms. The van der Waals surface area contributed by atoms with E-state index in [2.05, 4.69) is 6.92 Å². The van der Waals surface area contributed by atoms with E-state index in [4.69, 9.17) is 5.73 Å². The summed E-state index contributed by atoms with van der Waals surface area (Å²) in [7, 11) is 0. The SMILES string of the molecule is CCc1cccc(CN(CC(O)C(N)Cc2cc(F)cc(F)c2)C(=O)c2ccc(-n3cccc3)cc2)c1. The normalized spacial score (nSPS) is 12.8. The van der Waals surface area contributed by atoms with Gasteiger partial charge in [-0.2, -0.15) is 0 Å². The molecule has 0 spiro atoms. The van der Waals surface area contributed by atoms with Crippen molar-refractivity contribution in [2.45, 2.75) is 38.5 Å². The summed E-state index contributed by atoms with van der Waals surface area (Å²) < 4.78 is 29.2. The summed E-state index contributed by atoms with van der Waals surface area (Å²) in [4.78, 5) is 15.1. The monoisotopic (exact) mass is 503 g/mol. The smallest absolute Gasteiger partial charge is 0.254 e. The molecule has 0 saturated heterocycles. The van der Waals surface area contributed by atoms with Crippen LogP contribution in [0.15, 0.2) is 91.3 Å². The molecular weight excluding hydrogens is 472 g/mol. The van der Waals surface area contributed by atoms with Gasteiger partial charge in [-0.25, -0.2) is 8.78 Å². The molecule has 0 bridgehead atoms. The lowest BCUT2D eigenvalue weighted by Gasteiger charge is -2.28. The summed E-state index contributed by atoms with van der Waals surface area (Å²) in [5, 5.41) is 10.9. The maximum atomic E-state index is 13.6. The lowest BCUT2D eigenvalue weighted by Crippen LogP contribution is -2.46. The lowest BCUT2D eigenvalue weighted by molar-refractivity contribution is 0.0554. The van der Waals surface area contributed by atoms with Crippen molar-refractivity contribution in [2.75, 3.05) is 6.54 Å². The van der Waals surface area contributed by atoms with Gasteiger partial charge in [-0.05, 0) is 78.1 Å². The number of aromatic nitrogens is 1. The first-order chi connectivity index (χ1) is 17.8. The summed E-state index contributed by atoms with van der Waals surface area (Å²) >= 11 is 0. The molecule has 0 radical (unpaired) electrons. The molecule has 1 aromatic heterocycles. The van der Waals surface area contributed by atoms with Crippen molar-refractivity contribution < 1.29 is 18.7 Å². The number of aryl methyl sites for hydroxylation is 1. The van der Waals surface area contributed by atoms with Crippen molar-refractivity contribution in [3.63, 3.8) is 0 Å². The number of amides is 1. The average molecular weight is 504 g/mol. The molecule has 4 aromatic rings. The van der Waals surface area contributed by atoms with Crippen LogP contribution >= 0.6 is 0 Å². The standard InChI is InChI=1S/C30H31F2N3O2/c1-2-21-6-5-7-22(14-21)19-35(20-29(36)28(33)17-23-15-25(31)18-26(32)16-23)30(37)24-8-10-27(11-9-24)34-12-3-4-13-34/h3-16,18,28-29,36H,2,17,19-20,33H2,1H3. The molecule has 1 amide bonds. The highest BCUT2D eigenvalue weighted by molar-refractivity contribution is 5.94. The molecule has 1 heterocycles. The predicted molar refractivity (Wildman–Crippen MR) is 140 cm³/mol. The highest BCUT2D eigenvalue weighted by Crippen LogP contribution is 2.17. The number of aliphatic hydroxyl groups is 1. The van der Waals surface area contributed by atoms with E-state index in [-0.39, 0.29) is 25.4 Å². The van der Waals surface area contributed by atoms with E-state index in [1.807, 2.05) is 65.5 Å². The summed E-state index contributed by atoms with van der Waals surface area (Å²) in [5.74, 6) is -1.65. The molecule has 2 unspecified atom stereocenters. The van der Waals surface area contributed by atoms with E-state index in [0.29, 0.717) is 11.1 Å². The topological polar surface area (TPSA) is 71.5 Å². The van der Waals surface area contributed by atoms with Crippen LogP contribution in [0.2, 0.25) is 0 Å². The van der Waals surface area contributed by atoms with Crippen LogP contribution in [0.4, 0.5) is 8.78 Å². The number of aliphatic hydroxyl groups excluding tert-OH is 1. The third-order valence-electron chi connectivity index (χ3n) is 6.37. The Morgan fingerprint density at radius 2 is 1.57 bits per heavy atom. The molecule has 4 rings (SSSR count). The summed E-state index contributed by atoms with van der Waals surface area (Å²) in [6.45, 7) is 2.31. The van der Waals surface area contributed by atoms with Crippen LogP contribution < -0.4 is 5.73 Å². The fourth-order valence-corrected chi connectivity index (χ4v) is 4.35. The molecule has 0 aliphatic carbocycles. The Hall–Kier alpha value is -3.81. The van der Waals surface area contributed by atoms with Crippen LogP contribution in [-0.4, -0.2) is 39.2 Å². The Morgan fingerprint density at radius 3 is 2.22 bits per heavy atom. The van der Waals surface area contributed by atoms with E-state index in [1.165, 1.54) is 12.1 Å². The van der Waals surface area contributed by atoms with Crippen LogP contribution in [0.1, 0.15) is 34.0 Å². The molecule has 0 saturated carbocycles. The van der Waals surface area contributed by atoms with Gasteiger partial charge in [0.2, 0.25) is 0 Å². The number of benzene rings is 3. The first-order valence-electron chi connectivity index (χ1n) is 12.3. The fraction of sp³-hybridized carbons (Fsp3) is 0.233. The van der Waals surface area contributed by atoms with Gasteiger partial charge in [0.15, 0.2) is 0 Å². The number of halogens is 2. The van der Waals surface area contributed by atoms with E-state index in [1.54, 1.807) is 17.0 Å². The number of hydrogen-bond acceptors (Lipinski definition) is 3. The van der Waals surface area contributed by atoms with Crippen LogP contribution in [0, 0.1) is 11.6 Å². The zero-order valence-corrected chi connectivity index (χ0v) is 20.7. The van der Waals surface area contributed by atoms with Gasteiger partial charge >= 0.3 is 0 Å². The highest BCUT2D eigenvalue weighted by Gasteiger charge is 2.24. The number of nitrogens with two attached hydrogens (primary N) is 1. The molecule has 0 aliphatic heterocycles. The Morgan fingerprint density at radius 1 is 0.919 bits per heavy atom. The first kappa shape index (κ1) is 26.3. The van der Waals surface area contributed by atoms with Gasteiger partial charge in [0.05, 0.1) is 6.10 Å². The Balaban J connectivity index is 1.54. The van der Waals surface area contributed by atoms with Crippen LogP contribution in [0.5, 0.6) is 0 Å². The third-order valence-corrected chi connectivity index (χ3v) is 6.37. The minimum Gasteiger partial charge on any atom is -0.390 e. The maximum Gasteiger partial charge on any atom is 0.254 e. The van der Waals surface area contributed by atoms with Gasteiger partial charge < -0.3 is 20.3 Å². The van der Waals surface area contributed by atoms with E-state index in [0.717, 1.165) is 29.3 Å². The average Bonchev–Trinajstić information content (AvgIpc) is 3.42. The largest absolute Gasteiger partial charge is 0.390 e. The Bertz CT molecular complexity index is 1300. The van der Waals surface area contributed by atoms with E-state index in [9.17, 15) is 18.7 Å². The van der Waals surface area contributed by atoms with Crippen molar-refractivity contribution in [3.05, 3.63) is 125 Å². The van der Waals surface area contributed by atoms with Gasteiger partial charge in [0.1, 0.15) is 11.6 Å². The van der Waals surface area contributed by atoms with Crippen molar-refractivity contribution in [1.82, 2.24) is 9.47 Å². The predicted octanol–water partition coefficient (Wildman–Crippen LogP) is 4.89. The second kappa shape index (κ2) is 12.0. The quantitative estimate of drug-likeness (QED) is 0.324. The maximum absolute atomic E-state index is 13.6. The molecule has 0 fully saturated rings. The molecule has 3 N–H and O–H groups in total. The molecule has 3 aromatic carbocycles. The van der Waals surface area contributed by atoms with Crippen molar-refractivity contribution in [3.8, 4) is 5.69 Å². The number of rotatable bonds is 10. The fourth-order valence-electron chi connectivity index (χ4n) is 4.35. The summed E-state index contributed by atoms with van der Waals surface area (Å²) in [6, 6.07) is 21.4. The number of carbonyl (C=O) groups is 1. The van der Waals surface area contributed by atoms with Gasteiger partial charge in [-0.1, -0.05) is 31.2 Å². The molecule has 192 valence electrons. The zero-order chi connectivity index (χ0) is 26.4. The summed E-state index contributed by atoms with van der Waals surface area (Å²) in [5.41, 5.74) is 10.0. The number of hydrogen-bond donors (Lipinski definition) is 2. The Kier molecular flexibility index (Phi) is 8.48. The van der Waals surface area contributed by atoms with Crippen LogP contribution in [-0.2, 0) is 19.4 Å². The minimum absolute atomic E-state index is 0.0342. The van der Waals surface area contributed by atoms with Gasteiger partial charge in [0.25, 0.3) is 5.91 Å². The van der Waals surface area contributed by atoms with Gasteiger partial charge in [-0.15, -0.1) is 0 Å². The van der Waals surface area contributed by atoms with Crippen molar-refractivity contribution >= 4 is 5.91 Å². The number of nitrogens with zero attached hydrogens (tertiary/aromatic N) is 2. The second-order valence-electron chi connectivity index (χ2n) is 9.21. The van der Waals surface area contributed by atoms with Crippen LogP contribution in [0.25, 0.3) is 5.69 Å².